The highest BCUT2D eigenvalue weighted by Gasteiger charge is 2.31. The van der Waals surface area contributed by atoms with Crippen LogP contribution in [0, 0.1) is 0 Å². The summed E-state index contributed by atoms with van der Waals surface area (Å²) in [4.78, 5) is 0. The molecular formula is C14H19NO. The minimum atomic E-state index is 0.251. The van der Waals surface area contributed by atoms with Gasteiger partial charge in [-0.15, -0.1) is 0 Å². The van der Waals surface area contributed by atoms with E-state index in [0.717, 1.165) is 25.1 Å². The van der Waals surface area contributed by atoms with Crippen LogP contribution in [0.5, 0.6) is 5.75 Å². The molecule has 0 atom stereocenters. The Labute approximate surface area is 97.3 Å². The molecule has 86 valence electrons. The van der Waals surface area contributed by atoms with Crippen LogP contribution < -0.4 is 10.1 Å². The molecule has 2 nitrogen and oxygen atoms in total. The molecule has 0 radical (unpaired) electrons. The molecule has 0 saturated heterocycles. The summed E-state index contributed by atoms with van der Waals surface area (Å²) >= 11 is 0. The summed E-state index contributed by atoms with van der Waals surface area (Å²) < 4.78 is 5.19. The van der Waals surface area contributed by atoms with Gasteiger partial charge in [0.1, 0.15) is 5.75 Å². The highest BCUT2D eigenvalue weighted by Crippen LogP contribution is 2.37. The normalized spacial score (nSPS) is 17.6. The van der Waals surface area contributed by atoms with Crippen molar-refractivity contribution in [3.05, 3.63) is 42.0 Å². The van der Waals surface area contributed by atoms with Crippen LogP contribution in [0.25, 0.3) is 0 Å². The van der Waals surface area contributed by atoms with Gasteiger partial charge in [0.05, 0.1) is 7.11 Å². The molecule has 0 spiro atoms. The van der Waals surface area contributed by atoms with E-state index >= 15 is 0 Å². The van der Waals surface area contributed by atoms with E-state index in [1.54, 1.807) is 7.11 Å². The van der Waals surface area contributed by atoms with E-state index in [1.165, 1.54) is 5.56 Å². The molecule has 16 heavy (non-hydrogen) atoms. The van der Waals surface area contributed by atoms with E-state index in [-0.39, 0.29) is 5.41 Å². The van der Waals surface area contributed by atoms with E-state index in [0.29, 0.717) is 0 Å². The van der Waals surface area contributed by atoms with Gasteiger partial charge in [-0.2, -0.15) is 0 Å². The molecule has 1 N–H and O–H groups in total. The van der Waals surface area contributed by atoms with Gasteiger partial charge in [-0.3, -0.25) is 0 Å². The average molecular weight is 217 g/mol. The van der Waals surface area contributed by atoms with Crippen molar-refractivity contribution in [2.75, 3.05) is 20.7 Å². The van der Waals surface area contributed by atoms with Gasteiger partial charge in [0.2, 0.25) is 0 Å². The summed E-state index contributed by atoms with van der Waals surface area (Å²) in [5, 5.41) is 3.31. The first-order valence-electron chi connectivity index (χ1n) is 5.75. The number of ether oxygens (including phenoxy) is 1. The topological polar surface area (TPSA) is 21.3 Å². The molecule has 1 aromatic carbocycles. The average Bonchev–Trinajstić information content (AvgIpc) is 2.80. The SMILES string of the molecule is CNCC1(c2ccc(OC)cc2)CC=CC1. The van der Waals surface area contributed by atoms with Gasteiger partial charge in [-0.1, -0.05) is 24.3 Å². The van der Waals surface area contributed by atoms with Crippen molar-refractivity contribution in [2.45, 2.75) is 18.3 Å². The number of allylic oxidation sites excluding steroid dienone is 2. The van der Waals surface area contributed by atoms with Crippen molar-refractivity contribution in [1.82, 2.24) is 5.32 Å². The predicted octanol–water partition coefficient (Wildman–Crippen LogP) is 2.50. The zero-order chi connectivity index (χ0) is 11.4. The first-order valence-corrected chi connectivity index (χ1v) is 5.75. The standard InChI is InChI=1S/C14H19NO/c1-15-11-14(9-3-4-10-14)12-5-7-13(16-2)8-6-12/h3-8,15H,9-11H2,1-2H3. The van der Waals surface area contributed by atoms with Crippen LogP contribution in [0.3, 0.4) is 0 Å². The number of methoxy groups -OCH3 is 1. The first-order chi connectivity index (χ1) is 7.80. The molecule has 1 aliphatic rings. The number of benzene rings is 1. The molecule has 1 aromatic rings. The lowest BCUT2D eigenvalue weighted by Crippen LogP contribution is -2.34. The monoisotopic (exact) mass is 217 g/mol. The molecule has 1 aliphatic carbocycles. The largest absolute Gasteiger partial charge is 0.497 e. The minimum Gasteiger partial charge on any atom is -0.497 e. The molecular weight excluding hydrogens is 198 g/mol. The maximum atomic E-state index is 5.19. The Bertz CT molecular complexity index is 359. The van der Waals surface area contributed by atoms with Crippen molar-refractivity contribution in [1.29, 1.82) is 0 Å². The molecule has 0 amide bonds. The van der Waals surface area contributed by atoms with E-state index in [9.17, 15) is 0 Å². The lowest BCUT2D eigenvalue weighted by molar-refractivity contribution is 0.411. The molecule has 2 rings (SSSR count). The molecule has 0 unspecified atom stereocenters. The van der Waals surface area contributed by atoms with Crippen LogP contribution >= 0.6 is 0 Å². The van der Waals surface area contributed by atoms with Gasteiger partial charge in [0, 0.05) is 12.0 Å². The highest BCUT2D eigenvalue weighted by molar-refractivity contribution is 5.35. The van der Waals surface area contributed by atoms with Crippen LogP contribution in [0.15, 0.2) is 36.4 Å². The summed E-state index contributed by atoms with van der Waals surface area (Å²) in [6, 6.07) is 8.46. The fraction of sp³-hybridized carbons (Fsp3) is 0.429. The smallest absolute Gasteiger partial charge is 0.118 e. The quantitative estimate of drug-likeness (QED) is 0.782. The van der Waals surface area contributed by atoms with Crippen molar-refractivity contribution in [3.8, 4) is 5.75 Å². The lowest BCUT2D eigenvalue weighted by Gasteiger charge is -2.29. The second-order valence-corrected chi connectivity index (χ2v) is 4.42. The van der Waals surface area contributed by atoms with Gasteiger partial charge in [0.15, 0.2) is 0 Å². The molecule has 0 fully saturated rings. The van der Waals surface area contributed by atoms with Crippen molar-refractivity contribution in [3.63, 3.8) is 0 Å². The van der Waals surface area contributed by atoms with Crippen molar-refractivity contribution >= 4 is 0 Å². The van der Waals surface area contributed by atoms with Crippen LogP contribution in [0.4, 0.5) is 0 Å². The fourth-order valence-electron chi connectivity index (χ4n) is 2.47. The zero-order valence-electron chi connectivity index (χ0n) is 9.99. The lowest BCUT2D eigenvalue weighted by atomic mass is 9.78. The molecule has 0 aliphatic heterocycles. The van der Waals surface area contributed by atoms with Crippen molar-refractivity contribution in [2.24, 2.45) is 0 Å². The van der Waals surface area contributed by atoms with Crippen LogP contribution in [0.2, 0.25) is 0 Å². The third-order valence-corrected chi connectivity index (χ3v) is 3.40. The predicted molar refractivity (Wildman–Crippen MR) is 67.0 cm³/mol. The number of rotatable bonds is 4. The Morgan fingerprint density at radius 2 is 1.81 bits per heavy atom. The third kappa shape index (κ3) is 1.98. The van der Waals surface area contributed by atoms with E-state index in [2.05, 4.69) is 29.6 Å². The van der Waals surface area contributed by atoms with E-state index in [1.807, 2.05) is 19.2 Å². The first kappa shape index (κ1) is 11.2. The van der Waals surface area contributed by atoms with Crippen molar-refractivity contribution < 1.29 is 4.74 Å². The van der Waals surface area contributed by atoms with Crippen LogP contribution in [-0.2, 0) is 5.41 Å². The summed E-state index contributed by atoms with van der Waals surface area (Å²) in [5.74, 6) is 0.925. The maximum absolute atomic E-state index is 5.19. The number of nitrogens with one attached hydrogen (secondary N) is 1. The third-order valence-electron chi connectivity index (χ3n) is 3.40. The summed E-state index contributed by atoms with van der Waals surface area (Å²) in [5.41, 5.74) is 1.65. The summed E-state index contributed by atoms with van der Waals surface area (Å²) in [6.45, 7) is 1.02. The maximum Gasteiger partial charge on any atom is 0.118 e. The Hall–Kier alpha value is -1.28. The van der Waals surface area contributed by atoms with Gasteiger partial charge in [0.25, 0.3) is 0 Å². The highest BCUT2D eigenvalue weighted by atomic mass is 16.5. The minimum absolute atomic E-state index is 0.251. The Balaban J connectivity index is 2.25. The number of hydrogen-bond donors (Lipinski definition) is 1. The Kier molecular flexibility index (Phi) is 3.30. The van der Waals surface area contributed by atoms with Gasteiger partial charge >= 0.3 is 0 Å². The van der Waals surface area contributed by atoms with Gasteiger partial charge in [-0.25, -0.2) is 0 Å². The molecule has 0 bridgehead atoms. The second kappa shape index (κ2) is 4.71. The Morgan fingerprint density at radius 1 is 1.19 bits per heavy atom. The zero-order valence-corrected chi connectivity index (χ0v) is 9.99. The van der Waals surface area contributed by atoms with E-state index < -0.39 is 0 Å². The summed E-state index contributed by atoms with van der Waals surface area (Å²) in [6.07, 6.45) is 6.81. The second-order valence-electron chi connectivity index (χ2n) is 4.42. The molecule has 0 heterocycles. The van der Waals surface area contributed by atoms with Gasteiger partial charge < -0.3 is 10.1 Å². The number of likely N-dealkylation sites (N-methyl/N-ethyl adjacent to an activating group) is 1. The molecule has 0 saturated carbocycles. The van der Waals surface area contributed by atoms with Crippen LogP contribution in [0.1, 0.15) is 18.4 Å². The van der Waals surface area contributed by atoms with Gasteiger partial charge in [-0.05, 0) is 37.6 Å². The number of hydrogen-bond acceptors (Lipinski definition) is 2. The van der Waals surface area contributed by atoms with Crippen LogP contribution in [-0.4, -0.2) is 20.7 Å². The fourth-order valence-corrected chi connectivity index (χ4v) is 2.47. The van der Waals surface area contributed by atoms with E-state index in [4.69, 9.17) is 4.74 Å². The molecule has 2 heteroatoms. The Morgan fingerprint density at radius 3 is 2.31 bits per heavy atom. The molecule has 0 aromatic heterocycles. The summed E-state index contributed by atoms with van der Waals surface area (Å²) in [7, 11) is 3.72.